The lowest BCUT2D eigenvalue weighted by Gasteiger charge is -2.46. The van der Waals surface area contributed by atoms with E-state index in [0.717, 1.165) is 19.3 Å². The van der Waals surface area contributed by atoms with Crippen molar-refractivity contribution in [3.05, 3.63) is 65.8 Å². The highest BCUT2D eigenvalue weighted by Crippen LogP contribution is 2.55. The molecule has 0 unspecified atom stereocenters. The fourth-order valence-corrected chi connectivity index (χ4v) is 4.01. The summed E-state index contributed by atoms with van der Waals surface area (Å²) in [6.45, 7) is 13.8. The van der Waals surface area contributed by atoms with Crippen molar-refractivity contribution in [2.24, 2.45) is 16.6 Å². The minimum atomic E-state index is 0.0162. The normalized spacial score (nSPS) is 25.3. The van der Waals surface area contributed by atoms with Crippen molar-refractivity contribution < 1.29 is 0 Å². The summed E-state index contributed by atoms with van der Waals surface area (Å²) in [4.78, 5) is 0. The van der Waals surface area contributed by atoms with E-state index in [1.54, 1.807) is 0 Å². The van der Waals surface area contributed by atoms with Crippen molar-refractivity contribution >= 4 is 5.57 Å². The lowest BCUT2D eigenvalue weighted by molar-refractivity contribution is 0.311. The Labute approximate surface area is 142 Å². The summed E-state index contributed by atoms with van der Waals surface area (Å²) in [6.07, 6.45) is 9.80. The number of hydrogen-bond acceptors (Lipinski definition) is 1. The molecule has 0 spiro atoms. The highest BCUT2D eigenvalue weighted by atomic mass is 14.5. The molecule has 1 aliphatic rings. The molecule has 0 amide bonds. The van der Waals surface area contributed by atoms with Crippen LogP contribution in [0, 0.1) is 10.8 Å². The molecule has 1 atom stereocenters. The van der Waals surface area contributed by atoms with Gasteiger partial charge in [0.25, 0.3) is 0 Å². The third-order valence-electron chi connectivity index (χ3n) is 5.50. The van der Waals surface area contributed by atoms with Crippen LogP contribution in [0.5, 0.6) is 0 Å². The Bertz CT molecular complexity index is 616. The van der Waals surface area contributed by atoms with Gasteiger partial charge in [-0.1, -0.05) is 75.8 Å². The van der Waals surface area contributed by atoms with Crippen LogP contribution < -0.4 is 5.73 Å². The van der Waals surface area contributed by atoms with Crippen LogP contribution in [0.15, 0.2) is 54.6 Å². The summed E-state index contributed by atoms with van der Waals surface area (Å²) in [5.41, 5.74) is 11.7. The molecule has 2 N–H and O–H groups in total. The summed E-state index contributed by atoms with van der Waals surface area (Å²) in [5, 5.41) is 0. The number of hydrogen-bond donors (Lipinski definition) is 1. The van der Waals surface area contributed by atoms with Gasteiger partial charge >= 0.3 is 0 Å². The zero-order chi connectivity index (χ0) is 17.1. The maximum absolute atomic E-state index is 5.89. The molecule has 1 heteroatoms. The van der Waals surface area contributed by atoms with Crippen LogP contribution in [0.4, 0.5) is 0 Å². The van der Waals surface area contributed by atoms with Crippen LogP contribution in [0.2, 0.25) is 0 Å². The van der Waals surface area contributed by atoms with Gasteiger partial charge in [0.15, 0.2) is 0 Å². The van der Waals surface area contributed by atoms with Gasteiger partial charge in [0.2, 0.25) is 0 Å². The Morgan fingerprint density at radius 3 is 2.35 bits per heavy atom. The van der Waals surface area contributed by atoms with Crippen molar-refractivity contribution in [3.8, 4) is 0 Å². The van der Waals surface area contributed by atoms with Crippen molar-refractivity contribution in [1.82, 2.24) is 0 Å². The third-order valence-corrected chi connectivity index (χ3v) is 5.50. The predicted octanol–water partition coefficient (Wildman–Crippen LogP) is 5.53. The van der Waals surface area contributed by atoms with Gasteiger partial charge in [-0.25, -0.2) is 0 Å². The zero-order valence-corrected chi connectivity index (χ0v) is 15.2. The molecule has 124 valence electrons. The highest BCUT2D eigenvalue weighted by molar-refractivity contribution is 5.75. The Morgan fingerprint density at radius 2 is 1.83 bits per heavy atom. The fourth-order valence-electron chi connectivity index (χ4n) is 4.01. The second-order valence-electron chi connectivity index (χ2n) is 7.40. The Balaban J connectivity index is 2.46. The molecule has 1 nitrogen and oxygen atoms in total. The molecule has 2 rings (SSSR count). The topological polar surface area (TPSA) is 26.0 Å². The van der Waals surface area contributed by atoms with Gasteiger partial charge in [0.1, 0.15) is 0 Å². The van der Waals surface area contributed by atoms with Gasteiger partial charge in [0, 0.05) is 12.0 Å². The van der Waals surface area contributed by atoms with E-state index in [-0.39, 0.29) is 10.8 Å². The first-order valence-electron chi connectivity index (χ1n) is 8.71. The molecule has 1 aliphatic carbocycles. The molecule has 0 saturated carbocycles. The van der Waals surface area contributed by atoms with Crippen molar-refractivity contribution in [1.29, 1.82) is 0 Å². The monoisotopic (exact) mass is 309 g/mol. The Hall–Kier alpha value is -1.60. The van der Waals surface area contributed by atoms with E-state index in [0.29, 0.717) is 6.54 Å². The van der Waals surface area contributed by atoms with Crippen LogP contribution in [-0.2, 0) is 6.42 Å². The van der Waals surface area contributed by atoms with Crippen LogP contribution in [0.3, 0.4) is 0 Å². The van der Waals surface area contributed by atoms with Gasteiger partial charge in [-0.2, -0.15) is 0 Å². The second kappa shape index (κ2) is 6.88. The minimum Gasteiger partial charge on any atom is -0.327 e. The average molecular weight is 309 g/mol. The first-order valence-corrected chi connectivity index (χ1v) is 8.71. The van der Waals surface area contributed by atoms with Crippen molar-refractivity contribution in [2.75, 3.05) is 6.54 Å². The standard InChI is InChI=1S/C22H31N/c1-6-8-17-9-11-18(12-10-17)19-13-15-22(5,7-2)20(14-16-23)21(19,3)4/h6,9-14H,1,7-8,15-16,23H2,2-5H3/b20-14-/t22-/m0/s1. The smallest absolute Gasteiger partial charge is 0.0114 e. The summed E-state index contributed by atoms with van der Waals surface area (Å²) < 4.78 is 0. The molecule has 1 aromatic rings. The van der Waals surface area contributed by atoms with Gasteiger partial charge in [-0.15, -0.1) is 6.58 Å². The first kappa shape index (κ1) is 17.7. The molecule has 1 aromatic carbocycles. The lowest BCUT2D eigenvalue weighted by Crippen LogP contribution is -2.34. The molecule has 0 heterocycles. The molecular formula is C22H31N. The van der Waals surface area contributed by atoms with Crippen molar-refractivity contribution in [3.63, 3.8) is 0 Å². The van der Waals surface area contributed by atoms with E-state index in [2.05, 4.69) is 70.7 Å². The van der Waals surface area contributed by atoms with E-state index in [4.69, 9.17) is 5.73 Å². The van der Waals surface area contributed by atoms with Crippen LogP contribution in [-0.4, -0.2) is 6.54 Å². The summed E-state index contributed by atoms with van der Waals surface area (Å²) in [5.74, 6) is 0. The molecule has 0 radical (unpaired) electrons. The summed E-state index contributed by atoms with van der Waals surface area (Å²) >= 11 is 0. The number of rotatable bonds is 5. The molecule has 23 heavy (non-hydrogen) atoms. The van der Waals surface area contributed by atoms with Gasteiger partial charge in [-0.3, -0.25) is 0 Å². The number of allylic oxidation sites excluding steroid dienone is 4. The Morgan fingerprint density at radius 1 is 1.17 bits per heavy atom. The van der Waals surface area contributed by atoms with Crippen LogP contribution in [0.25, 0.3) is 5.57 Å². The molecule has 0 saturated heterocycles. The van der Waals surface area contributed by atoms with E-state index >= 15 is 0 Å². The zero-order valence-electron chi connectivity index (χ0n) is 15.2. The number of nitrogens with two attached hydrogens (primary N) is 1. The Kier molecular flexibility index (Phi) is 5.31. The maximum atomic E-state index is 5.89. The van der Waals surface area contributed by atoms with E-state index in [1.165, 1.54) is 22.3 Å². The molecule has 0 bridgehead atoms. The maximum Gasteiger partial charge on any atom is 0.0114 e. The van der Waals surface area contributed by atoms with E-state index in [1.807, 2.05) is 6.08 Å². The third kappa shape index (κ3) is 3.35. The van der Waals surface area contributed by atoms with Crippen molar-refractivity contribution in [2.45, 2.75) is 47.0 Å². The van der Waals surface area contributed by atoms with Crippen LogP contribution in [0.1, 0.15) is 51.7 Å². The van der Waals surface area contributed by atoms with E-state index in [9.17, 15) is 0 Å². The fraction of sp³-hybridized carbons (Fsp3) is 0.455. The molecular weight excluding hydrogens is 278 g/mol. The van der Waals surface area contributed by atoms with Crippen LogP contribution >= 0.6 is 0 Å². The average Bonchev–Trinajstić information content (AvgIpc) is 2.53. The van der Waals surface area contributed by atoms with Gasteiger partial charge in [0.05, 0.1) is 0 Å². The number of benzene rings is 1. The summed E-state index contributed by atoms with van der Waals surface area (Å²) in [7, 11) is 0. The lowest BCUT2D eigenvalue weighted by atomic mass is 9.58. The van der Waals surface area contributed by atoms with E-state index < -0.39 is 0 Å². The predicted molar refractivity (Wildman–Crippen MR) is 102 cm³/mol. The molecule has 0 aliphatic heterocycles. The molecule has 0 fully saturated rings. The quantitative estimate of drug-likeness (QED) is 0.711. The minimum absolute atomic E-state index is 0.0162. The SMILES string of the molecule is C=CCc1ccc(C2=CC[C@](C)(CC)/C(=C\CN)C2(C)C)cc1. The highest BCUT2D eigenvalue weighted by Gasteiger charge is 2.41. The molecule has 0 aromatic heterocycles. The van der Waals surface area contributed by atoms with Gasteiger partial charge < -0.3 is 5.73 Å². The van der Waals surface area contributed by atoms with Gasteiger partial charge in [-0.05, 0) is 41.4 Å². The first-order chi connectivity index (χ1) is 10.9. The summed E-state index contributed by atoms with van der Waals surface area (Å²) in [6, 6.07) is 8.93. The largest absolute Gasteiger partial charge is 0.327 e. The second-order valence-corrected chi connectivity index (χ2v) is 7.40.